The number of hydrogen-bond acceptors (Lipinski definition) is 8. The van der Waals surface area contributed by atoms with Gasteiger partial charge in [-0.2, -0.15) is 0 Å². The molecule has 0 bridgehead atoms. The van der Waals surface area contributed by atoms with Gasteiger partial charge in [0.2, 0.25) is 0 Å². The minimum Gasteiger partial charge on any atom is -0.372 e. The number of pyridine rings is 1. The summed E-state index contributed by atoms with van der Waals surface area (Å²) in [4.78, 5) is 39.3. The molecule has 0 spiro atoms. The average Bonchev–Trinajstić information content (AvgIpc) is 3.43. The van der Waals surface area contributed by atoms with Crippen LogP contribution in [0.3, 0.4) is 0 Å². The molecule has 4 aromatic rings. The number of hydrogen-bond donors (Lipinski definition) is 3. The summed E-state index contributed by atoms with van der Waals surface area (Å²) < 4.78 is 5.53. The number of nitrogens with zero attached hydrogens (tertiary/aromatic N) is 4. The van der Waals surface area contributed by atoms with Gasteiger partial charge in [-0.3, -0.25) is 10.5 Å². The Morgan fingerprint density at radius 1 is 1.20 bits per heavy atom. The number of nitrogens with one attached hydrogen (secondary N) is 2. The van der Waals surface area contributed by atoms with Crippen molar-refractivity contribution in [3.05, 3.63) is 78.5 Å². The zero-order valence-electron chi connectivity index (χ0n) is 22.8. The Kier molecular flexibility index (Phi) is 8.28. The van der Waals surface area contributed by atoms with Crippen molar-refractivity contribution in [2.45, 2.75) is 25.8 Å². The molecule has 2 aromatic heterocycles. The molecule has 4 N–H and O–H groups in total. The van der Waals surface area contributed by atoms with Crippen LogP contribution in [0.15, 0.2) is 72.9 Å². The Balaban J connectivity index is 1.26. The van der Waals surface area contributed by atoms with Gasteiger partial charge in [-0.05, 0) is 48.9 Å². The van der Waals surface area contributed by atoms with Crippen molar-refractivity contribution < 1.29 is 14.3 Å². The second-order valence-electron chi connectivity index (χ2n) is 9.87. The number of nitrogens with two attached hydrogens (primary N) is 1. The highest BCUT2D eigenvalue weighted by Gasteiger charge is 2.30. The molecular weight excluding hydrogens is 506 g/mol. The zero-order valence-corrected chi connectivity index (χ0v) is 22.8. The molecule has 1 aliphatic rings. The molecule has 5 rings (SSSR count). The number of ether oxygens (including phenoxy) is 1. The third kappa shape index (κ3) is 5.93. The van der Waals surface area contributed by atoms with Crippen molar-refractivity contribution in [2.75, 3.05) is 53.2 Å². The van der Waals surface area contributed by atoms with Crippen molar-refractivity contribution in [3.63, 3.8) is 0 Å². The molecule has 1 saturated heterocycles. The first-order valence-electron chi connectivity index (χ1n) is 13.4. The number of piperazine rings is 1. The Labute approximate surface area is 233 Å². The standard InChI is InChI=1S/C30H35N7O3/c1-3-35(2)26-10-7-13-32-29(26)36-14-15-37(24(18-36)19-38)27-17-22-16-23(11-12-25(22)34-27)33-30(39)28(31)40-20-21-8-5-4-6-9-21/h4-13,16-17,19,24,28,34H,3,14-15,18,20,31H2,1-2H3,(H,33,39). The fourth-order valence-corrected chi connectivity index (χ4v) is 4.92. The normalized spacial score (nSPS) is 16.1. The number of amides is 1. The monoisotopic (exact) mass is 541 g/mol. The van der Waals surface area contributed by atoms with Crippen LogP contribution < -0.4 is 25.8 Å². The molecule has 0 saturated carbocycles. The van der Waals surface area contributed by atoms with Crippen molar-refractivity contribution in [2.24, 2.45) is 5.73 Å². The molecule has 0 radical (unpaired) electrons. The second kappa shape index (κ2) is 12.2. The van der Waals surface area contributed by atoms with E-state index in [-0.39, 0.29) is 12.6 Å². The number of anilines is 4. The molecule has 40 heavy (non-hydrogen) atoms. The Morgan fingerprint density at radius 2 is 2.02 bits per heavy atom. The number of benzene rings is 2. The fraction of sp³-hybridized carbons (Fsp3) is 0.300. The molecule has 1 amide bonds. The van der Waals surface area contributed by atoms with Crippen LogP contribution in [0.4, 0.5) is 23.0 Å². The minimum absolute atomic E-state index is 0.248. The molecule has 1 aliphatic heterocycles. The lowest BCUT2D eigenvalue weighted by Gasteiger charge is -2.41. The lowest BCUT2D eigenvalue weighted by molar-refractivity contribution is -0.127. The number of carbonyl (C=O) groups is 2. The molecule has 3 heterocycles. The van der Waals surface area contributed by atoms with Gasteiger partial charge in [0, 0.05) is 56.0 Å². The van der Waals surface area contributed by atoms with Crippen molar-refractivity contribution >= 4 is 46.1 Å². The molecule has 1 fully saturated rings. The number of aldehydes is 1. The fourth-order valence-electron chi connectivity index (χ4n) is 4.92. The number of aromatic amines is 1. The van der Waals surface area contributed by atoms with Gasteiger partial charge in [-0.25, -0.2) is 4.98 Å². The van der Waals surface area contributed by atoms with Gasteiger partial charge in [0.05, 0.1) is 12.3 Å². The van der Waals surface area contributed by atoms with Gasteiger partial charge in [-0.15, -0.1) is 0 Å². The van der Waals surface area contributed by atoms with E-state index in [0.29, 0.717) is 18.8 Å². The second-order valence-corrected chi connectivity index (χ2v) is 9.87. The van der Waals surface area contributed by atoms with Crippen LogP contribution in [-0.2, 0) is 20.9 Å². The molecule has 2 atom stereocenters. The molecular formula is C30H35N7O3. The lowest BCUT2D eigenvalue weighted by Crippen LogP contribution is -2.54. The topological polar surface area (TPSA) is 120 Å². The maximum atomic E-state index is 12.6. The average molecular weight is 542 g/mol. The highest BCUT2D eigenvalue weighted by molar-refractivity contribution is 5.96. The molecule has 0 aliphatic carbocycles. The first kappa shape index (κ1) is 27.2. The summed E-state index contributed by atoms with van der Waals surface area (Å²) in [6.07, 6.45) is 1.69. The predicted molar refractivity (Wildman–Crippen MR) is 159 cm³/mol. The SMILES string of the molecule is CCN(C)c1cccnc1N1CCN(c2cc3cc(NC(=O)C(N)OCc4ccccc4)ccc3[nH]2)C(C=O)C1. The van der Waals surface area contributed by atoms with Crippen molar-refractivity contribution in [1.82, 2.24) is 9.97 Å². The third-order valence-corrected chi connectivity index (χ3v) is 7.24. The summed E-state index contributed by atoms with van der Waals surface area (Å²) in [6, 6.07) is 20.8. The van der Waals surface area contributed by atoms with Crippen LogP contribution in [0.1, 0.15) is 12.5 Å². The summed E-state index contributed by atoms with van der Waals surface area (Å²) in [5.41, 5.74) is 9.46. The molecule has 208 valence electrons. The number of carbonyl (C=O) groups excluding carboxylic acids is 2. The van der Waals surface area contributed by atoms with Gasteiger partial charge in [0.1, 0.15) is 18.1 Å². The smallest absolute Gasteiger partial charge is 0.268 e. The lowest BCUT2D eigenvalue weighted by atomic mass is 10.1. The van der Waals surface area contributed by atoms with E-state index in [4.69, 9.17) is 10.5 Å². The van der Waals surface area contributed by atoms with Crippen molar-refractivity contribution in [1.29, 1.82) is 0 Å². The number of rotatable bonds is 10. The zero-order chi connectivity index (χ0) is 28.1. The summed E-state index contributed by atoms with van der Waals surface area (Å²) in [5, 5.41) is 3.74. The maximum absolute atomic E-state index is 12.6. The van der Waals surface area contributed by atoms with Gasteiger partial charge >= 0.3 is 0 Å². The third-order valence-electron chi connectivity index (χ3n) is 7.24. The molecule has 2 aromatic carbocycles. The van der Waals surface area contributed by atoms with Crippen LogP contribution >= 0.6 is 0 Å². The van der Waals surface area contributed by atoms with E-state index in [1.54, 1.807) is 6.20 Å². The molecule has 10 nitrogen and oxygen atoms in total. The maximum Gasteiger partial charge on any atom is 0.268 e. The van der Waals surface area contributed by atoms with E-state index >= 15 is 0 Å². The summed E-state index contributed by atoms with van der Waals surface area (Å²) in [5.74, 6) is 1.32. The Morgan fingerprint density at radius 3 is 2.80 bits per heavy atom. The van der Waals surface area contributed by atoms with E-state index in [0.717, 1.165) is 53.2 Å². The Hall–Kier alpha value is -4.41. The van der Waals surface area contributed by atoms with E-state index < -0.39 is 12.1 Å². The van der Waals surface area contributed by atoms with E-state index in [9.17, 15) is 9.59 Å². The van der Waals surface area contributed by atoms with E-state index in [2.05, 4.69) is 43.0 Å². The van der Waals surface area contributed by atoms with E-state index in [1.807, 2.05) is 67.7 Å². The van der Waals surface area contributed by atoms with Crippen LogP contribution in [-0.4, -0.2) is 67.7 Å². The van der Waals surface area contributed by atoms with Gasteiger partial charge < -0.3 is 34.5 Å². The summed E-state index contributed by atoms with van der Waals surface area (Å²) in [6.45, 7) is 5.12. The van der Waals surface area contributed by atoms with Crippen LogP contribution in [0, 0.1) is 0 Å². The minimum atomic E-state index is -1.10. The van der Waals surface area contributed by atoms with E-state index in [1.165, 1.54) is 0 Å². The van der Waals surface area contributed by atoms with Crippen LogP contribution in [0.25, 0.3) is 10.9 Å². The van der Waals surface area contributed by atoms with Gasteiger partial charge in [-0.1, -0.05) is 30.3 Å². The van der Waals surface area contributed by atoms with Crippen LogP contribution in [0.2, 0.25) is 0 Å². The largest absolute Gasteiger partial charge is 0.372 e. The summed E-state index contributed by atoms with van der Waals surface area (Å²) >= 11 is 0. The van der Waals surface area contributed by atoms with Gasteiger partial charge in [0.25, 0.3) is 5.91 Å². The number of fused-ring (bicyclic) bond motifs is 1. The number of aromatic nitrogens is 2. The van der Waals surface area contributed by atoms with Crippen LogP contribution in [0.5, 0.6) is 0 Å². The Bertz CT molecular complexity index is 1460. The first-order chi connectivity index (χ1) is 19.5. The molecule has 10 heteroatoms. The highest BCUT2D eigenvalue weighted by atomic mass is 16.5. The van der Waals surface area contributed by atoms with Crippen molar-refractivity contribution in [3.8, 4) is 0 Å². The highest BCUT2D eigenvalue weighted by Crippen LogP contribution is 2.31. The van der Waals surface area contributed by atoms with Gasteiger partial charge in [0.15, 0.2) is 12.0 Å². The summed E-state index contributed by atoms with van der Waals surface area (Å²) in [7, 11) is 2.04. The quantitative estimate of drug-likeness (QED) is 0.207. The first-order valence-corrected chi connectivity index (χ1v) is 13.4. The predicted octanol–water partition coefficient (Wildman–Crippen LogP) is 3.35. The number of H-pyrrole nitrogens is 1. The molecule has 2 unspecified atom stereocenters.